The highest BCUT2D eigenvalue weighted by molar-refractivity contribution is 5.95. The number of benzene rings is 1. The van der Waals surface area contributed by atoms with Crippen LogP contribution in [0.2, 0.25) is 0 Å². The van der Waals surface area contributed by atoms with Crippen molar-refractivity contribution in [3.05, 3.63) is 36.0 Å². The Labute approximate surface area is 110 Å². The number of fused-ring (bicyclic) bond motifs is 1. The van der Waals surface area contributed by atoms with Gasteiger partial charge in [0, 0.05) is 10.9 Å². The molecule has 1 heterocycles. The van der Waals surface area contributed by atoms with E-state index in [-0.39, 0.29) is 18.3 Å². The summed E-state index contributed by atoms with van der Waals surface area (Å²) in [7, 11) is 0. The molecule has 1 aromatic carbocycles. The lowest BCUT2D eigenvalue weighted by molar-refractivity contribution is -0.148. The number of carboxylic acid groups (broad SMARTS) is 1. The molecule has 0 spiro atoms. The number of carboxylic acids is 1. The SMILES string of the molecule is CC(C)OC(=O)Cn1c(C(=O)O)cc2ccccc21. The Kier molecular flexibility index (Phi) is 3.55. The van der Waals surface area contributed by atoms with Gasteiger partial charge in [-0.05, 0) is 26.0 Å². The zero-order valence-electron chi connectivity index (χ0n) is 10.8. The molecule has 2 aromatic rings. The Morgan fingerprint density at radius 2 is 2.00 bits per heavy atom. The molecule has 0 aliphatic carbocycles. The van der Waals surface area contributed by atoms with Crippen molar-refractivity contribution in [1.29, 1.82) is 0 Å². The molecule has 0 saturated carbocycles. The van der Waals surface area contributed by atoms with Crippen LogP contribution in [0, 0.1) is 0 Å². The number of aromatic carboxylic acids is 1. The predicted molar refractivity (Wildman–Crippen MR) is 70.1 cm³/mol. The van der Waals surface area contributed by atoms with E-state index in [9.17, 15) is 14.7 Å². The van der Waals surface area contributed by atoms with Crippen LogP contribution in [0.1, 0.15) is 24.3 Å². The van der Waals surface area contributed by atoms with E-state index in [2.05, 4.69) is 0 Å². The Bertz CT molecular complexity index is 627. The van der Waals surface area contributed by atoms with E-state index >= 15 is 0 Å². The molecule has 0 atom stereocenters. The molecule has 0 unspecified atom stereocenters. The standard InChI is InChI=1S/C14H15NO4/c1-9(2)19-13(16)8-15-11-6-4-3-5-10(11)7-12(15)14(17)18/h3-7,9H,8H2,1-2H3,(H,17,18). The summed E-state index contributed by atoms with van der Waals surface area (Å²) in [6, 6.07) is 8.78. The summed E-state index contributed by atoms with van der Waals surface area (Å²) in [6.07, 6.45) is -0.220. The molecule has 100 valence electrons. The fourth-order valence-electron chi connectivity index (χ4n) is 1.99. The molecule has 5 heteroatoms. The molecule has 1 N–H and O–H groups in total. The largest absolute Gasteiger partial charge is 0.477 e. The van der Waals surface area contributed by atoms with Crippen molar-refractivity contribution in [2.24, 2.45) is 0 Å². The summed E-state index contributed by atoms with van der Waals surface area (Å²) < 4.78 is 6.52. The van der Waals surface area contributed by atoms with E-state index in [1.807, 2.05) is 12.1 Å². The third kappa shape index (κ3) is 2.76. The van der Waals surface area contributed by atoms with Crippen molar-refractivity contribution >= 4 is 22.8 Å². The number of hydrogen-bond acceptors (Lipinski definition) is 3. The minimum Gasteiger partial charge on any atom is -0.477 e. The summed E-state index contributed by atoms with van der Waals surface area (Å²) in [5.74, 6) is -1.51. The number of para-hydroxylation sites is 1. The fourth-order valence-corrected chi connectivity index (χ4v) is 1.99. The van der Waals surface area contributed by atoms with Gasteiger partial charge in [-0.1, -0.05) is 18.2 Å². The first-order valence-electron chi connectivity index (χ1n) is 6.00. The minimum absolute atomic E-state index is 0.0851. The first kappa shape index (κ1) is 13.1. The van der Waals surface area contributed by atoms with Gasteiger partial charge < -0.3 is 14.4 Å². The van der Waals surface area contributed by atoms with Crippen LogP contribution in [0.15, 0.2) is 30.3 Å². The maximum atomic E-state index is 11.7. The van der Waals surface area contributed by atoms with Crippen molar-refractivity contribution in [1.82, 2.24) is 4.57 Å². The van der Waals surface area contributed by atoms with Crippen LogP contribution in [0.25, 0.3) is 10.9 Å². The number of carbonyl (C=O) groups excluding carboxylic acids is 1. The minimum atomic E-state index is -1.06. The first-order chi connectivity index (χ1) is 8.99. The fraction of sp³-hybridized carbons (Fsp3) is 0.286. The van der Waals surface area contributed by atoms with Crippen molar-refractivity contribution in [3.63, 3.8) is 0 Å². The van der Waals surface area contributed by atoms with Crippen LogP contribution in [-0.2, 0) is 16.1 Å². The van der Waals surface area contributed by atoms with Gasteiger partial charge in [0.25, 0.3) is 0 Å². The van der Waals surface area contributed by atoms with E-state index < -0.39 is 11.9 Å². The van der Waals surface area contributed by atoms with Gasteiger partial charge in [0.15, 0.2) is 0 Å². The van der Waals surface area contributed by atoms with Crippen LogP contribution < -0.4 is 0 Å². The van der Waals surface area contributed by atoms with Gasteiger partial charge in [-0.2, -0.15) is 0 Å². The second kappa shape index (κ2) is 5.14. The molecule has 0 amide bonds. The maximum absolute atomic E-state index is 11.7. The normalized spacial score (nSPS) is 10.9. The van der Waals surface area contributed by atoms with Gasteiger partial charge in [-0.15, -0.1) is 0 Å². The van der Waals surface area contributed by atoms with E-state index in [0.717, 1.165) is 5.39 Å². The zero-order chi connectivity index (χ0) is 14.0. The lowest BCUT2D eigenvalue weighted by atomic mass is 10.2. The highest BCUT2D eigenvalue weighted by Crippen LogP contribution is 2.20. The predicted octanol–water partition coefficient (Wildman–Crippen LogP) is 2.29. The monoisotopic (exact) mass is 261 g/mol. The van der Waals surface area contributed by atoms with Gasteiger partial charge in [0.05, 0.1) is 6.10 Å². The van der Waals surface area contributed by atoms with E-state index in [4.69, 9.17) is 4.74 Å². The summed E-state index contributed by atoms with van der Waals surface area (Å²) in [6.45, 7) is 3.40. The average Bonchev–Trinajstić information content (AvgIpc) is 2.67. The molecular formula is C14H15NO4. The van der Waals surface area contributed by atoms with Crippen LogP contribution >= 0.6 is 0 Å². The molecular weight excluding hydrogens is 246 g/mol. The maximum Gasteiger partial charge on any atom is 0.352 e. The van der Waals surface area contributed by atoms with Crippen molar-refractivity contribution < 1.29 is 19.4 Å². The second-order valence-corrected chi connectivity index (χ2v) is 4.52. The Morgan fingerprint density at radius 1 is 1.32 bits per heavy atom. The van der Waals surface area contributed by atoms with Crippen LogP contribution in [0.5, 0.6) is 0 Å². The van der Waals surface area contributed by atoms with E-state index in [1.54, 1.807) is 32.0 Å². The van der Waals surface area contributed by atoms with Crippen molar-refractivity contribution in [2.75, 3.05) is 0 Å². The topological polar surface area (TPSA) is 68.5 Å². The molecule has 0 aliphatic heterocycles. The Morgan fingerprint density at radius 3 is 2.63 bits per heavy atom. The summed E-state index contributed by atoms with van der Waals surface area (Å²) in [4.78, 5) is 22.9. The van der Waals surface area contributed by atoms with Crippen molar-refractivity contribution in [3.8, 4) is 0 Å². The van der Waals surface area contributed by atoms with Crippen LogP contribution in [0.4, 0.5) is 0 Å². The number of hydrogen-bond donors (Lipinski definition) is 1. The zero-order valence-corrected chi connectivity index (χ0v) is 10.8. The van der Waals surface area contributed by atoms with Gasteiger partial charge in [0.1, 0.15) is 12.2 Å². The lowest BCUT2D eigenvalue weighted by Gasteiger charge is -2.10. The molecule has 0 fully saturated rings. The Balaban J connectivity index is 2.42. The number of rotatable bonds is 4. The lowest BCUT2D eigenvalue weighted by Crippen LogP contribution is -2.20. The van der Waals surface area contributed by atoms with Crippen LogP contribution in [-0.4, -0.2) is 27.7 Å². The van der Waals surface area contributed by atoms with Gasteiger partial charge in [0.2, 0.25) is 0 Å². The highest BCUT2D eigenvalue weighted by Gasteiger charge is 2.17. The smallest absolute Gasteiger partial charge is 0.352 e. The summed E-state index contributed by atoms with van der Waals surface area (Å²) in [5, 5.41) is 9.98. The molecule has 0 bridgehead atoms. The van der Waals surface area contributed by atoms with E-state index in [0.29, 0.717) is 5.52 Å². The molecule has 0 radical (unpaired) electrons. The second-order valence-electron chi connectivity index (χ2n) is 4.52. The van der Waals surface area contributed by atoms with Gasteiger partial charge in [-0.3, -0.25) is 4.79 Å². The van der Waals surface area contributed by atoms with Crippen LogP contribution in [0.3, 0.4) is 0 Å². The third-order valence-corrected chi connectivity index (χ3v) is 2.68. The molecule has 19 heavy (non-hydrogen) atoms. The average molecular weight is 261 g/mol. The van der Waals surface area contributed by atoms with Crippen molar-refractivity contribution in [2.45, 2.75) is 26.5 Å². The quantitative estimate of drug-likeness (QED) is 0.857. The number of aromatic nitrogens is 1. The first-order valence-corrected chi connectivity index (χ1v) is 6.00. The van der Waals surface area contributed by atoms with Gasteiger partial charge in [-0.25, -0.2) is 4.79 Å². The molecule has 0 aliphatic rings. The number of carbonyl (C=O) groups is 2. The number of ether oxygens (including phenoxy) is 1. The molecule has 5 nitrogen and oxygen atoms in total. The highest BCUT2D eigenvalue weighted by atomic mass is 16.5. The number of esters is 1. The Hall–Kier alpha value is -2.30. The molecule has 1 aromatic heterocycles. The third-order valence-electron chi connectivity index (χ3n) is 2.68. The number of nitrogens with zero attached hydrogens (tertiary/aromatic N) is 1. The van der Waals surface area contributed by atoms with E-state index in [1.165, 1.54) is 4.57 Å². The summed E-state index contributed by atoms with van der Waals surface area (Å²) in [5.41, 5.74) is 0.794. The summed E-state index contributed by atoms with van der Waals surface area (Å²) >= 11 is 0. The molecule has 2 rings (SSSR count). The molecule has 0 saturated heterocycles. The van der Waals surface area contributed by atoms with Gasteiger partial charge >= 0.3 is 11.9 Å².